The molecule has 1 aromatic rings. The third-order valence-corrected chi connectivity index (χ3v) is 4.41. The summed E-state index contributed by atoms with van der Waals surface area (Å²) in [5, 5.41) is 3.60. The molecule has 0 aliphatic carbocycles. The number of ether oxygens (including phenoxy) is 1. The average molecular weight is 263 g/mol. The quantitative estimate of drug-likeness (QED) is 0.811. The number of rotatable bonds is 7. The second kappa shape index (κ2) is 7.06. The topological polar surface area (TPSA) is 21.3 Å². The average Bonchev–Trinajstić information content (AvgIpc) is 2.41. The van der Waals surface area contributed by atoms with E-state index in [4.69, 9.17) is 4.74 Å². The summed E-state index contributed by atoms with van der Waals surface area (Å²) in [6, 6.07) is 6.86. The molecule has 2 nitrogen and oxygen atoms in total. The summed E-state index contributed by atoms with van der Waals surface area (Å²) < 4.78 is 5.79. The van der Waals surface area contributed by atoms with Crippen molar-refractivity contribution in [1.82, 2.24) is 5.32 Å². The molecule has 2 heteroatoms. The highest BCUT2D eigenvalue weighted by molar-refractivity contribution is 5.34. The Morgan fingerprint density at radius 1 is 1.21 bits per heavy atom. The fraction of sp³-hybridized carbons (Fsp3) is 0.647. The van der Waals surface area contributed by atoms with Gasteiger partial charge in [0.2, 0.25) is 0 Å². The van der Waals surface area contributed by atoms with Crippen LogP contribution >= 0.6 is 0 Å². The van der Waals surface area contributed by atoms with Crippen LogP contribution in [-0.2, 0) is 11.2 Å². The second-order valence-electron chi connectivity index (χ2n) is 5.56. The Morgan fingerprint density at radius 3 is 2.21 bits per heavy atom. The highest BCUT2D eigenvalue weighted by Crippen LogP contribution is 2.25. The van der Waals surface area contributed by atoms with Crippen molar-refractivity contribution in [1.29, 1.82) is 0 Å². The smallest absolute Gasteiger partial charge is 0.0803 e. The third kappa shape index (κ3) is 3.80. The Bertz CT molecular complexity index is 376. The van der Waals surface area contributed by atoms with Crippen molar-refractivity contribution in [3.8, 4) is 0 Å². The molecule has 0 fully saturated rings. The monoisotopic (exact) mass is 263 g/mol. The molecule has 1 N–H and O–H groups in total. The van der Waals surface area contributed by atoms with E-state index in [1.165, 1.54) is 16.7 Å². The van der Waals surface area contributed by atoms with Gasteiger partial charge in [0, 0.05) is 13.2 Å². The van der Waals surface area contributed by atoms with Crippen LogP contribution in [0.1, 0.15) is 43.9 Å². The van der Waals surface area contributed by atoms with Crippen LogP contribution in [0.2, 0.25) is 0 Å². The summed E-state index contributed by atoms with van der Waals surface area (Å²) in [6.45, 7) is 11.9. The fourth-order valence-corrected chi connectivity index (χ4v) is 2.66. The van der Waals surface area contributed by atoms with Crippen molar-refractivity contribution in [2.45, 2.75) is 59.1 Å². The fourth-order valence-electron chi connectivity index (χ4n) is 2.66. The van der Waals surface area contributed by atoms with Gasteiger partial charge in [0.15, 0.2) is 0 Å². The lowest BCUT2D eigenvalue weighted by Gasteiger charge is -2.37. The molecule has 108 valence electrons. The first-order valence-electron chi connectivity index (χ1n) is 7.32. The highest BCUT2D eigenvalue weighted by atomic mass is 16.5. The molecule has 0 bridgehead atoms. The molecule has 0 amide bonds. The largest absolute Gasteiger partial charge is 0.377 e. The minimum Gasteiger partial charge on any atom is -0.377 e. The minimum absolute atomic E-state index is 0.120. The molecule has 1 aromatic carbocycles. The molecule has 0 spiro atoms. The van der Waals surface area contributed by atoms with E-state index in [2.05, 4.69) is 58.1 Å². The SMILES string of the molecule is CCNC(Cc1c(C)cccc1C)C(C)(CC)OC. The van der Waals surface area contributed by atoms with Crippen LogP contribution in [0.4, 0.5) is 0 Å². The van der Waals surface area contributed by atoms with Gasteiger partial charge in [-0.05, 0) is 56.8 Å². The highest BCUT2D eigenvalue weighted by Gasteiger charge is 2.32. The Balaban J connectivity index is 3.02. The van der Waals surface area contributed by atoms with Crippen molar-refractivity contribution < 1.29 is 4.74 Å². The molecule has 0 aromatic heterocycles. The van der Waals surface area contributed by atoms with E-state index >= 15 is 0 Å². The van der Waals surface area contributed by atoms with Crippen LogP contribution in [-0.4, -0.2) is 25.3 Å². The first-order chi connectivity index (χ1) is 8.98. The summed E-state index contributed by atoms with van der Waals surface area (Å²) >= 11 is 0. The van der Waals surface area contributed by atoms with Crippen molar-refractivity contribution in [3.05, 3.63) is 34.9 Å². The Hall–Kier alpha value is -0.860. The molecule has 1 rings (SSSR count). The van der Waals surface area contributed by atoms with Gasteiger partial charge in [0.1, 0.15) is 0 Å². The Labute approximate surface area is 118 Å². The van der Waals surface area contributed by atoms with Crippen molar-refractivity contribution in [2.24, 2.45) is 0 Å². The Morgan fingerprint density at radius 2 is 1.79 bits per heavy atom. The minimum atomic E-state index is -0.120. The van der Waals surface area contributed by atoms with E-state index in [-0.39, 0.29) is 5.60 Å². The van der Waals surface area contributed by atoms with Crippen LogP contribution in [0, 0.1) is 13.8 Å². The molecular weight excluding hydrogens is 234 g/mol. The van der Waals surface area contributed by atoms with Gasteiger partial charge in [-0.25, -0.2) is 0 Å². The zero-order valence-electron chi connectivity index (χ0n) is 13.3. The predicted octanol–water partition coefficient (Wildman–Crippen LogP) is 3.64. The zero-order valence-corrected chi connectivity index (χ0v) is 13.3. The molecule has 19 heavy (non-hydrogen) atoms. The van der Waals surface area contributed by atoms with Gasteiger partial charge in [-0.2, -0.15) is 0 Å². The van der Waals surface area contributed by atoms with Gasteiger partial charge < -0.3 is 10.1 Å². The van der Waals surface area contributed by atoms with E-state index in [0.29, 0.717) is 6.04 Å². The van der Waals surface area contributed by atoms with Gasteiger partial charge in [0.25, 0.3) is 0 Å². The van der Waals surface area contributed by atoms with E-state index in [1.54, 1.807) is 0 Å². The van der Waals surface area contributed by atoms with Crippen molar-refractivity contribution in [3.63, 3.8) is 0 Å². The number of nitrogens with one attached hydrogen (secondary N) is 1. The van der Waals surface area contributed by atoms with Crippen molar-refractivity contribution >= 4 is 0 Å². The standard InChI is InChI=1S/C17H29NO/c1-7-17(5,19-6)16(18-8-2)12-15-13(3)10-9-11-14(15)4/h9-11,16,18H,7-8,12H2,1-6H3. The van der Waals surface area contributed by atoms with Crippen LogP contribution in [0.3, 0.4) is 0 Å². The number of likely N-dealkylation sites (N-methyl/N-ethyl adjacent to an activating group) is 1. The number of benzene rings is 1. The molecule has 0 saturated heterocycles. The number of hydrogen-bond donors (Lipinski definition) is 1. The molecular formula is C17H29NO. The summed E-state index contributed by atoms with van der Waals surface area (Å²) in [6.07, 6.45) is 2.02. The van der Waals surface area contributed by atoms with E-state index in [0.717, 1.165) is 19.4 Å². The molecule has 0 aliphatic rings. The van der Waals surface area contributed by atoms with E-state index in [9.17, 15) is 0 Å². The Kier molecular flexibility index (Phi) is 6.02. The van der Waals surface area contributed by atoms with Gasteiger partial charge in [0.05, 0.1) is 5.60 Å². The zero-order chi connectivity index (χ0) is 14.5. The molecule has 0 aliphatic heterocycles. The number of hydrogen-bond acceptors (Lipinski definition) is 2. The summed E-state index contributed by atoms with van der Waals surface area (Å²) in [7, 11) is 1.82. The summed E-state index contributed by atoms with van der Waals surface area (Å²) in [5.74, 6) is 0. The van der Waals surface area contributed by atoms with E-state index in [1.807, 2.05) is 7.11 Å². The van der Waals surface area contributed by atoms with Crippen LogP contribution in [0.15, 0.2) is 18.2 Å². The maximum absolute atomic E-state index is 5.79. The summed E-state index contributed by atoms with van der Waals surface area (Å²) in [4.78, 5) is 0. The van der Waals surface area contributed by atoms with Gasteiger partial charge in [-0.15, -0.1) is 0 Å². The molecule has 0 saturated carbocycles. The van der Waals surface area contributed by atoms with E-state index < -0.39 is 0 Å². The van der Waals surface area contributed by atoms with Gasteiger partial charge in [-0.1, -0.05) is 32.0 Å². The first-order valence-corrected chi connectivity index (χ1v) is 7.32. The normalized spacial score (nSPS) is 16.1. The van der Waals surface area contributed by atoms with Crippen LogP contribution in [0.5, 0.6) is 0 Å². The van der Waals surface area contributed by atoms with Crippen LogP contribution in [0.25, 0.3) is 0 Å². The summed E-state index contributed by atoms with van der Waals surface area (Å²) in [5.41, 5.74) is 4.07. The molecule has 0 radical (unpaired) electrons. The maximum Gasteiger partial charge on any atom is 0.0803 e. The predicted molar refractivity (Wildman–Crippen MR) is 82.8 cm³/mol. The number of aryl methyl sites for hydroxylation is 2. The maximum atomic E-state index is 5.79. The third-order valence-electron chi connectivity index (χ3n) is 4.41. The second-order valence-corrected chi connectivity index (χ2v) is 5.56. The van der Waals surface area contributed by atoms with Gasteiger partial charge in [-0.3, -0.25) is 0 Å². The van der Waals surface area contributed by atoms with Gasteiger partial charge >= 0.3 is 0 Å². The number of methoxy groups -OCH3 is 1. The molecule has 2 unspecified atom stereocenters. The van der Waals surface area contributed by atoms with Crippen LogP contribution < -0.4 is 5.32 Å². The lowest BCUT2D eigenvalue weighted by atomic mass is 9.85. The molecule has 2 atom stereocenters. The first kappa shape index (κ1) is 16.2. The lowest BCUT2D eigenvalue weighted by molar-refractivity contribution is -0.0284. The molecule has 0 heterocycles. The lowest BCUT2D eigenvalue weighted by Crippen LogP contribution is -2.51. The van der Waals surface area contributed by atoms with Crippen molar-refractivity contribution in [2.75, 3.05) is 13.7 Å².